The number of carboxylic acid groups (broad SMARTS) is 1. The van der Waals surface area contributed by atoms with Gasteiger partial charge >= 0.3 is 12.0 Å². The van der Waals surface area contributed by atoms with Crippen LogP contribution in [-0.2, 0) is 0 Å². The van der Waals surface area contributed by atoms with E-state index in [1.54, 1.807) is 24.1 Å². The van der Waals surface area contributed by atoms with E-state index < -0.39 is 5.97 Å². The average molecular weight is 355 g/mol. The van der Waals surface area contributed by atoms with Gasteiger partial charge in [-0.1, -0.05) is 18.9 Å². The Morgan fingerprint density at radius 1 is 1.38 bits per heavy atom. The molecule has 0 radical (unpaired) electrons. The van der Waals surface area contributed by atoms with Crippen molar-refractivity contribution < 1.29 is 14.7 Å². The molecule has 0 atom stereocenters. The molecule has 0 spiro atoms. The summed E-state index contributed by atoms with van der Waals surface area (Å²) in [6, 6.07) is 4.53. The van der Waals surface area contributed by atoms with E-state index in [-0.39, 0.29) is 11.6 Å². The Morgan fingerprint density at radius 2 is 2.05 bits per heavy atom. The number of carbonyl (C=O) groups excluding carboxylic acids is 1. The molecular weight excluding hydrogens is 336 g/mol. The summed E-state index contributed by atoms with van der Waals surface area (Å²) >= 11 is 3.28. The molecule has 1 saturated carbocycles. The van der Waals surface area contributed by atoms with Gasteiger partial charge in [0.15, 0.2) is 0 Å². The van der Waals surface area contributed by atoms with Gasteiger partial charge in [0.25, 0.3) is 0 Å². The minimum atomic E-state index is -1.06. The van der Waals surface area contributed by atoms with Crippen molar-refractivity contribution in [1.29, 1.82) is 0 Å². The number of urea groups is 1. The third-order valence-corrected chi connectivity index (χ3v) is 4.49. The molecule has 2 amide bonds. The molecule has 2 rings (SSSR count). The van der Waals surface area contributed by atoms with Gasteiger partial charge in [-0.05, 0) is 46.8 Å². The molecule has 0 heterocycles. The van der Waals surface area contributed by atoms with Crippen LogP contribution in [0.25, 0.3) is 0 Å². The van der Waals surface area contributed by atoms with E-state index in [1.165, 1.54) is 18.9 Å². The summed E-state index contributed by atoms with van der Waals surface area (Å²) in [6.45, 7) is 0.707. The summed E-state index contributed by atoms with van der Waals surface area (Å²) in [4.78, 5) is 25.1. The minimum absolute atomic E-state index is 0.0759. The summed E-state index contributed by atoms with van der Waals surface area (Å²) in [5, 5.41) is 11.9. The zero-order valence-corrected chi connectivity index (χ0v) is 13.5. The number of benzene rings is 1. The summed E-state index contributed by atoms with van der Waals surface area (Å²) in [6.07, 6.45) is 4.78. The first kappa shape index (κ1) is 15.8. The van der Waals surface area contributed by atoms with Crippen molar-refractivity contribution in [3.8, 4) is 0 Å². The van der Waals surface area contributed by atoms with E-state index in [1.807, 2.05) is 0 Å². The number of carbonyl (C=O) groups is 2. The monoisotopic (exact) mass is 354 g/mol. The van der Waals surface area contributed by atoms with Crippen molar-refractivity contribution in [2.45, 2.75) is 25.7 Å². The van der Waals surface area contributed by atoms with Crippen molar-refractivity contribution in [2.75, 3.05) is 18.9 Å². The summed E-state index contributed by atoms with van der Waals surface area (Å²) in [7, 11) is 1.74. The molecule has 1 aliphatic rings. The number of amides is 2. The predicted octanol–water partition coefficient (Wildman–Crippen LogP) is 3.80. The van der Waals surface area contributed by atoms with Crippen LogP contribution in [-0.4, -0.2) is 35.6 Å². The fraction of sp³-hybridized carbons (Fsp3) is 0.467. The highest BCUT2D eigenvalue weighted by molar-refractivity contribution is 9.10. The second kappa shape index (κ2) is 6.93. The molecule has 1 aromatic carbocycles. The van der Waals surface area contributed by atoms with Gasteiger partial charge < -0.3 is 15.3 Å². The molecule has 2 N–H and O–H groups in total. The van der Waals surface area contributed by atoms with Gasteiger partial charge in [-0.25, -0.2) is 9.59 Å². The lowest BCUT2D eigenvalue weighted by Crippen LogP contribution is -2.35. The lowest BCUT2D eigenvalue weighted by molar-refractivity contribution is 0.0698. The second-order valence-electron chi connectivity index (χ2n) is 5.43. The van der Waals surface area contributed by atoms with E-state index >= 15 is 0 Å². The Kier molecular flexibility index (Phi) is 5.22. The van der Waals surface area contributed by atoms with Gasteiger partial charge in [-0.2, -0.15) is 0 Å². The molecule has 0 aliphatic heterocycles. The van der Waals surface area contributed by atoms with Crippen molar-refractivity contribution >= 4 is 33.6 Å². The summed E-state index contributed by atoms with van der Waals surface area (Å²) in [5.41, 5.74) is 0.375. The maximum absolute atomic E-state index is 12.2. The lowest BCUT2D eigenvalue weighted by atomic mass is 10.1. The highest BCUT2D eigenvalue weighted by Crippen LogP contribution is 2.28. The Hall–Kier alpha value is -1.56. The van der Waals surface area contributed by atoms with Crippen molar-refractivity contribution in [2.24, 2.45) is 5.92 Å². The van der Waals surface area contributed by atoms with Crippen LogP contribution in [0.5, 0.6) is 0 Å². The Bertz CT molecular complexity index is 542. The fourth-order valence-corrected chi connectivity index (χ4v) is 3.16. The molecule has 0 unspecified atom stereocenters. The average Bonchev–Trinajstić information content (AvgIpc) is 2.93. The molecule has 21 heavy (non-hydrogen) atoms. The Morgan fingerprint density at radius 3 is 2.67 bits per heavy atom. The summed E-state index contributed by atoms with van der Waals surface area (Å²) in [5.74, 6) is -0.510. The number of para-hydroxylation sites is 1. The highest BCUT2D eigenvalue weighted by Gasteiger charge is 2.21. The number of rotatable bonds is 4. The number of halogens is 1. The van der Waals surface area contributed by atoms with E-state index in [2.05, 4.69) is 21.2 Å². The van der Waals surface area contributed by atoms with Crippen LogP contribution in [0.15, 0.2) is 22.7 Å². The van der Waals surface area contributed by atoms with Gasteiger partial charge in [0.1, 0.15) is 0 Å². The van der Waals surface area contributed by atoms with Crippen molar-refractivity contribution in [3.63, 3.8) is 0 Å². The molecule has 1 aliphatic carbocycles. The van der Waals surface area contributed by atoms with Crippen LogP contribution in [0.1, 0.15) is 36.0 Å². The van der Waals surface area contributed by atoms with Crippen LogP contribution in [0.3, 0.4) is 0 Å². The number of hydrogen-bond donors (Lipinski definition) is 2. The van der Waals surface area contributed by atoms with E-state index in [0.29, 0.717) is 22.6 Å². The molecule has 114 valence electrons. The molecule has 0 saturated heterocycles. The minimum Gasteiger partial charge on any atom is -0.478 e. The van der Waals surface area contributed by atoms with Crippen LogP contribution >= 0.6 is 15.9 Å². The van der Waals surface area contributed by atoms with Gasteiger partial charge in [0.05, 0.1) is 11.3 Å². The van der Waals surface area contributed by atoms with Gasteiger partial charge in [0.2, 0.25) is 0 Å². The van der Waals surface area contributed by atoms with Gasteiger partial charge in [-0.15, -0.1) is 0 Å². The third-order valence-electron chi connectivity index (χ3n) is 3.83. The predicted molar refractivity (Wildman–Crippen MR) is 84.7 cm³/mol. The first-order valence-electron chi connectivity index (χ1n) is 7.03. The van der Waals surface area contributed by atoms with Gasteiger partial charge in [-0.3, -0.25) is 0 Å². The fourth-order valence-electron chi connectivity index (χ4n) is 2.69. The number of nitrogens with one attached hydrogen (secondary N) is 1. The van der Waals surface area contributed by atoms with Crippen LogP contribution < -0.4 is 5.32 Å². The lowest BCUT2D eigenvalue weighted by Gasteiger charge is -2.22. The molecule has 1 aromatic rings. The van der Waals surface area contributed by atoms with Crippen molar-refractivity contribution in [3.05, 3.63) is 28.2 Å². The SMILES string of the molecule is CN(CC1CCCC1)C(=O)Nc1c(Br)cccc1C(=O)O. The number of nitrogens with zero attached hydrogens (tertiary/aromatic N) is 1. The Balaban J connectivity index is 2.06. The maximum Gasteiger partial charge on any atom is 0.337 e. The van der Waals surface area contributed by atoms with Crippen LogP contribution in [0, 0.1) is 5.92 Å². The largest absolute Gasteiger partial charge is 0.478 e. The van der Waals surface area contributed by atoms with E-state index in [0.717, 1.165) is 12.8 Å². The quantitative estimate of drug-likeness (QED) is 0.863. The smallest absolute Gasteiger partial charge is 0.337 e. The molecule has 6 heteroatoms. The topological polar surface area (TPSA) is 69.6 Å². The standard InChI is InChI=1S/C15H19BrN2O3/c1-18(9-10-5-2-3-6-10)15(21)17-13-11(14(19)20)7-4-8-12(13)16/h4,7-8,10H,2-3,5-6,9H2,1H3,(H,17,21)(H,19,20). The molecule has 0 bridgehead atoms. The van der Waals surface area contributed by atoms with E-state index in [9.17, 15) is 14.7 Å². The first-order valence-corrected chi connectivity index (χ1v) is 7.82. The number of aromatic carboxylic acids is 1. The maximum atomic E-state index is 12.2. The number of hydrogen-bond acceptors (Lipinski definition) is 2. The molecule has 1 fully saturated rings. The molecule has 5 nitrogen and oxygen atoms in total. The highest BCUT2D eigenvalue weighted by atomic mass is 79.9. The third kappa shape index (κ3) is 3.97. The zero-order valence-electron chi connectivity index (χ0n) is 11.9. The van der Waals surface area contributed by atoms with Crippen molar-refractivity contribution in [1.82, 2.24) is 4.90 Å². The number of anilines is 1. The zero-order chi connectivity index (χ0) is 15.4. The van der Waals surface area contributed by atoms with Gasteiger partial charge in [0, 0.05) is 18.1 Å². The van der Waals surface area contributed by atoms with E-state index in [4.69, 9.17) is 0 Å². The first-order chi connectivity index (χ1) is 9.99. The normalized spacial score (nSPS) is 15.0. The van der Waals surface area contributed by atoms with Crippen LogP contribution in [0.2, 0.25) is 0 Å². The second-order valence-corrected chi connectivity index (χ2v) is 6.28. The summed E-state index contributed by atoms with van der Waals surface area (Å²) < 4.78 is 0.560. The van der Waals surface area contributed by atoms with Crippen LogP contribution in [0.4, 0.5) is 10.5 Å². The Labute approximate surface area is 132 Å². The number of carboxylic acids is 1. The molecular formula is C15H19BrN2O3. The molecule has 0 aromatic heterocycles.